The van der Waals surface area contributed by atoms with Crippen molar-refractivity contribution >= 4 is 0 Å². The zero-order valence-corrected chi connectivity index (χ0v) is 85.2. The highest BCUT2D eigenvalue weighted by molar-refractivity contribution is 4.99. The van der Waals surface area contributed by atoms with Gasteiger partial charge in [0.05, 0.1) is 0 Å². The molecular formula is C116H230. The van der Waals surface area contributed by atoms with Gasteiger partial charge in [0.15, 0.2) is 0 Å². The third-order valence-corrected chi connectivity index (χ3v) is 34.1. The Balaban J connectivity index is 0.000000425. The number of rotatable bonds is 0. The lowest BCUT2D eigenvalue weighted by atomic mass is 9.49. The molecule has 0 aliphatic heterocycles. The maximum Gasteiger partial charge on any atom is -0.0380 e. The van der Waals surface area contributed by atoms with Gasteiger partial charge in [-0.05, 0) is 200 Å². The van der Waals surface area contributed by atoms with Crippen molar-refractivity contribution < 1.29 is 0 Å². The van der Waals surface area contributed by atoms with E-state index < -0.39 is 0 Å². The Morgan fingerprint density at radius 2 is 0.190 bits per heavy atom. The summed E-state index contributed by atoms with van der Waals surface area (Å²) in [5.41, 5.74) is 0. The van der Waals surface area contributed by atoms with Crippen molar-refractivity contribution in [2.75, 3.05) is 0 Å². The first-order chi connectivity index (χ1) is 57.4. The van der Waals surface area contributed by atoms with Gasteiger partial charge < -0.3 is 0 Å². The topological polar surface area (TPSA) is 0 Å². The lowest BCUT2D eigenvalue weighted by molar-refractivity contribution is -0.0673. The molecule has 6 atom stereocenters. The van der Waals surface area contributed by atoms with E-state index in [1.54, 1.807) is 347 Å². The van der Waals surface area contributed by atoms with Crippen LogP contribution in [0.2, 0.25) is 0 Å². The molecule has 26 fully saturated rings. The van der Waals surface area contributed by atoms with Crippen molar-refractivity contribution in [3.8, 4) is 0 Å². The van der Waals surface area contributed by atoms with Crippen LogP contribution in [0.4, 0.5) is 0 Å². The van der Waals surface area contributed by atoms with Gasteiger partial charge in [-0.2, -0.15) is 0 Å². The minimum Gasteiger partial charge on any atom is -0.0683 e. The number of fused-ring (bicyclic) bond motifs is 23. The molecule has 694 valence electrons. The van der Waals surface area contributed by atoms with E-state index in [4.69, 9.17) is 0 Å². The normalized spacial score (nSPS) is 36.9. The highest BCUT2D eigenvalue weighted by Crippen LogP contribution is 2.58. The molecule has 0 saturated heterocycles. The molecule has 26 aliphatic carbocycles. The van der Waals surface area contributed by atoms with Crippen LogP contribution in [-0.2, 0) is 0 Å². The Morgan fingerprint density at radius 3 is 0.328 bits per heavy atom. The Bertz CT molecular complexity index is 1780. The fourth-order valence-electron chi connectivity index (χ4n) is 27.0. The Hall–Kier alpha value is 0. The largest absolute Gasteiger partial charge is 0.0683 e. The van der Waals surface area contributed by atoms with Gasteiger partial charge in [0, 0.05) is 0 Å². The molecule has 0 amide bonds. The summed E-state index contributed by atoms with van der Waals surface area (Å²) >= 11 is 0. The van der Waals surface area contributed by atoms with Gasteiger partial charge in [-0.1, -0.05) is 543 Å². The van der Waals surface area contributed by atoms with Gasteiger partial charge in [-0.15, -0.1) is 0 Å². The maximum atomic E-state index is 2.38. The van der Waals surface area contributed by atoms with Crippen molar-refractivity contribution in [3.05, 3.63) is 0 Å². The van der Waals surface area contributed by atoms with Crippen LogP contribution in [0.1, 0.15) is 608 Å². The zero-order chi connectivity index (χ0) is 85.2. The molecule has 0 N–H and O–H groups in total. The number of hydrogen-bond acceptors (Lipinski definition) is 0. The second-order valence-electron chi connectivity index (χ2n) is 41.1. The zero-order valence-electron chi connectivity index (χ0n) is 85.2. The second kappa shape index (κ2) is 75.2. The van der Waals surface area contributed by atoms with Crippen LogP contribution in [0.15, 0.2) is 0 Å². The standard InChI is InChI=1S/C12H22.C11H20.2C10H18.2C9H16.2C8H14.C7H12.2C6H10.10C2H6/c1-2-6-11-8-4-5-9-12(10-11)7-3-1;1-2-6-11-8-4-3-7-10(5-1)9-11;1-3-9-5-2-6-10(4-1)8-7-9;1-2-5-10-7-3-6-9(4-1)8-10;1-3-8-5-2-6-9(4-1)7-8;1-2-8-4-6-9(3-1)7-5-8;1-2-8-5-3-7(1)4-6-8;1-2-7-4-5-8(3-1)6-7;1-2-7-4-3-6(1)5-7;1-4-5-2-6(4)3-5;1-2-6-3-5(1)4-6;10*1-2/h11-12H,1-10H2;10-11H,1-9H2;2*9-10H,1-8H2;2*8-9H,1-7H2;2*7-8H,1-6H2;6-7H,1-5H2;4-6H,2-3H2,1H3;5-6H,1-4H2;10*1-2H3. The van der Waals surface area contributed by atoms with Crippen LogP contribution in [0.3, 0.4) is 0 Å². The average molecular weight is 1630 g/mol. The summed E-state index contributed by atoms with van der Waals surface area (Å²) in [4.78, 5) is 0. The highest BCUT2D eigenvalue weighted by atomic mass is 14.5. The van der Waals surface area contributed by atoms with E-state index in [0.29, 0.717) is 0 Å². The first-order valence-corrected chi connectivity index (χ1v) is 57.4. The van der Waals surface area contributed by atoms with Crippen molar-refractivity contribution in [1.82, 2.24) is 0 Å². The molecular weight excluding hydrogens is 1390 g/mol. The fourth-order valence-corrected chi connectivity index (χ4v) is 27.0. The van der Waals surface area contributed by atoms with Crippen molar-refractivity contribution in [1.29, 1.82) is 0 Å². The third kappa shape index (κ3) is 47.0. The van der Waals surface area contributed by atoms with E-state index in [2.05, 4.69) is 6.92 Å². The Morgan fingerprint density at radius 1 is 0.0948 bits per heavy atom. The molecule has 0 aromatic carbocycles. The van der Waals surface area contributed by atoms with Crippen LogP contribution >= 0.6 is 0 Å². The third-order valence-electron chi connectivity index (χ3n) is 34.1. The minimum absolute atomic E-state index is 1.12. The molecule has 22 bridgehead atoms. The summed E-state index contributed by atoms with van der Waals surface area (Å²) in [6.45, 7) is 42.4. The first kappa shape index (κ1) is 112. The molecule has 26 rings (SSSR count). The first-order valence-electron chi connectivity index (χ1n) is 57.4. The summed E-state index contributed by atoms with van der Waals surface area (Å²) in [5.74, 6) is 26.5. The van der Waals surface area contributed by atoms with E-state index in [-0.39, 0.29) is 0 Å². The SMILES string of the molecule is C1CC2CC1C2.C1CC2CCC(C1)C2.C1CC2CCC(C1)CC2.C1CC2CCC1C2.C1CC2CCC1CC2.C1CC2CCCC(C1)C2.C1CC2CCCC(C1)CC2.C1CCC2CCCC(C1)C2.C1CCC2CCCCC(C1)C2.C1CCC2CCCCC(CC1)C2.CC.CC.CC.CC.CC.CC.CC.CC.CC.CC.CC1C2CC1C2. The summed E-state index contributed by atoms with van der Waals surface area (Å²) < 4.78 is 0. The van der Waals surface area contributed by atoms with Crippen molar-refractivity contribution in [2.24, 2.45) is 136 Å². The summed E-state index contributed by atoms with van der Waals surface area (Å²) in [6, 6.07) is 0. The molecule has 116 heavy (non-hydrogen) atoms. The average Bonchev–Trinajstić information content (AvgIpc) is 0.962. The lowest BCUT2D eigenvalue weighted by Crippen LogP contribution is -2.48. The van der Waals surface area contributed by atoms with Crippen LogP contribution in [-0.4, -0.2) is 0 Å². The fraction of sp³-hybridized carbons (Fsp3) is 1.00. The van der Waals surface area contributed by atoms with Crippen LogP contribution in [0.5, 0.6) is 0 Å². The monoisotopic (exact) mass is 1620 g/mol. The molecule has 0 radical (unpaired) electrons. The predicted octanol–water partition coefficient (Wildman–Crippen LogP) is 41.7. The maximum absolute atomic E-state index is 2.38. The van der Waals surface area contributed by atoms with Gasteiger partial charge >= 0.3 is 0 Å². The quantitative estimate of drug-likeness (QED) is 0.227. The summed E-state index contributed by atoms with van der Waals surface area (Å²) in [7, 11) is 0. The van der Waals surface area contributed by atoms with Crippen LogP contribution < -0.4 is 0 Å². The minimum atomic E-state index is 1.12. The van der Waals surface area contributed by atoms with E-state index in [1.807, 2.05) is 138 Å². The van der Waals surface area contributed by atoms with Crippen LogP contribution in [0.25, 0.3) is 0 Å². The van der Waals surface area contributed by atoms with E-state index >= 15 is 0 Å². The van der Waals surface area contributed by atoms with Gasteiger partial charge in [0.1, 0.15) is 0 Å². The van der Waals surface area contributed by atoms with Gasteiger partial charge in [-0.3, -0.25) is 0 Å². The molecule has 0 aromatic heterocycles. The summed E-state index contributed by atoms with van der Waals surface area (Å²) in [5, 5.41) is 0. The highest BCUT2D eigenvalue weighted by Gasteiger charge is 2.49. The Kier molecular flexibility index (Phi) is 72.6. The molecule has 6 unspecified atom stereocenters. The number of hydrogen-bond donors (Lipinski definition) is 0. The van der Waals surface area contributed by atoms with E-state index in [9.17, 15) is 0 Å². The van der Waals surface area contributed by atoms with Gasteiger partial charge in [0.25, 0.3) is 0 Å². The van der Waals surface area contributed by atoms with Gasteiger partial charge in [-0.25, -0.2) is 0 Å². The molecule has 26 aliphatic rings. The predicted molar refractivity (Wildman–Crippen MR) is 532 cm³/mol. The molecule has 0 nitrogen and oxygen atoms in total. The lowest BCUT2D eigenvalue weighted by Gasteiger charge is -2.56. The van der Waals surface area contributed by atoms with Crippen LogP contribution in [0, 0.1) is 136 Å². The van der Waals surface area contributed by atoms with E-state index in [0.717, 1.165) is 101 Å². The molecule has 0 aromatic rings. The summed E-state index contributed by atoms with van der Waals surface area (Å²) in [6.07, 6.45) is 112. The second-order valence-corrected chi connectivity index (χ2v) is 41.1. The molecule has 26 saturated carbocycles. The molecule has 0 spiro atoms. The smallest absolute Gasteiger partial charge is 0.0380 e. The van der Waals surface area contributed by atoms with Gasteiger partial charge in [0.2, 0.25) is 0 Å². The molecule has 0 heteroatoms. The van der Waals surface area contributed by atoms with Crippen molar-refractivity contribution in [2.45, 2.75) is 608 Å². The van der Waals surface area contributed by atoms with E-state index in [1.165, 1.54) is 151 Å². The Labute approximate surface area is 739 Å². The molecule has 0 heterocycles. The van der Waals surface area contributed by atoms with Crippen molar-refractivity contribution in [3.63, 3.8) is 0 Å².